The maximum atomic E-state index is 12.6. The van der Waals surface area contributed by atoms with Crippen molar-refractivity contribution in [2.45, 2.75) is 13.0 Å². The van der Waals surface area contributed by atoms with Crippen LogP contribution in [0.4, 0.5) is 0 Å². The Labute approximate surface area is 150 Å². The lowest BCUT2D eigenvalue weighted by molar-refractivity contribution is -0.146. The number of imide groups is 1. The fourth-order valence-electron chi connectivity index (χ4n) is 4.24. The number of nitrogens with zero attached hydrogens (tertiary/aromatic N) is 3. The minimum absolute atomic E-state index is 0.157. The number of carbonyl (C=O) groups is 3. The van der Waals surface area contributed by atoms with Crippen molar-refractivity contribution >= 4 is 29.3 Å². The number of likely N-dealkylation sites (N-methyl/N-ethyl adjacent to an activating group) is 1. The third kappa shape index (κ3) is 2.65. The molecule has 0 N–H and O–H groups in total. The molecule has 6 nitrogen and oxygen atoms in total. The number of amides is 3. The van der Waals surface area contributed by atoms with Crippen LogP contribution in [-0.2, 0) is 20.9 Å². The first-order valence-electron chi connectivity index (χ1n) is 8.33. The van der Waals surface area contributed by atoms with Gasteiger partial charge in [-0.3, -0.25) is 19.3 Å². The van der Waals surface area contributed by atoms with Crippen molar-refractivity contribution in [2.75, 3.05) is 13.6 Å². The topological polar surface area (TPSA) is 70.6 Å². The fourth-order valence-corrected chi connectivity index (χ4v) is 4.35. The zero-order valence-electron chi connectivity index (χ0n) is 13.8. The molecule has 1 saturated heterocycles. The molecule has 3 aliphatic rings. The fraction of sp³-hybridized carbons (Fsp3) is 0.444. The molecule has 25 heavy (non-hydrogen) atoms. The summed E-state index contributed by atoms with van der Waals surface area (Å²) in [5.41, 5.74) is 0.832. The largest absolute Gasteiger partial charge is 0.340 e. The zero-order chi connectivity index (χ0) is 17.7. The van der Waals surface area contributed by atoms with E-state index in [9.17, 15) is 14.4 Å². The van der Waals surface area contributed by atoms with Gasteiger partial charge in [0.1, 0.15) is 11.7 Å². The van der Waals surface area contributed by atoms with Crippen LogP contribution in [0.2, 0.25) is 5.15 Å². The van der Waals surface area contributed by atoms with E-state index in [1.165, 1.54) is 4.90 Å². The van der Waals surface area contributed by atoms with Crippen LogP contribution in [0.3, 0.4) is 0 Å². The van der Waals surface area contributed by atoms with Crippen LogP contribution in [0, 0.1) is 23.7 Å². The van der Waals surface area contributed by atoms with Gasteiger partial charge in [-0.1, -0.05) is 29.8 Å². The summed E-state index contributed by atoms with van der Waals surface area (Å²) in [6.45, 7) is 0.153. The van der Waals surface area contributed by atoms with E-state index < -0.39 is 0 Å². The summed E-state index contributed by atoms with van der Waals surface area (Å²) in [6, 6.07) is 3.45. The standard InChI is InChI=1S/C18H18ClN3O3/c1-21(8-10-2-5-13(19)20-7-10)14(23)9-22-17(24)15-11-3-4-12(6-11)16(15)18(22)25/h2-5,7,11-12,15-16H,6,8-9H2,1H3/t11-,12-,15-,16-/m0/s1. The molecule has 1 saturated carbocycles. The first kappa shape index (κ1) is 16.3. The molecule has 0 spiro atoms. The van der Waals surface area contributed by atoms with E-state index >= 15 is 0 Å². The van der Waals surface area contributed by atoms with Crippen molar-refractivity contribution in [1.29, 1.82) is 0 Å². The number of allylic oxidation sites excluding steroid dienone is 2. The predicted octanol–water partition coefficient (Wildman–Crippen LogP) is 1.50. The molecule has 1 aromatic heterocycles. The average molecular weight is 360 g/mol. The SMILES string of the molecule is CN(Cc1ccc(Cl)nc1)C(=O)CN1C(=O)[C@@H]2[C@@H](C1=O)[C@H]1C=C[C@H]2C1. The molecule has 0 aromatic carbocycles. The molecular formula is C18H18ClN3O3. The molecule has 2 bridgehead atoms. The predicted molar refractivity (Wildman–Crippen MR) is 90.2 cm³/mol. The van der Waals surface area contributed by atoms with E-state index in [0.29, 0.717) is 11.7 Å². The van der Waals surface area contributed by atoms with Crippen molar-refractivity contribution in [3.05, 3.63) is 41.2 Å². The maximum Gasteiger partial charge on any atom is 0.242 e. The monoisotopic (exact) mass is 359 g/mol. The number of hydrogen-bond donors (Lipinski definition) is 0. The molecule has 0 unspecified atom stereocenters. The second-order valence-electron chi connectivity index (χ2n) is 7.00. The summed E-state index contributed by atoms with van der Waals surface area (Å²) >= 11 is 5.75. The highest BCUT2D eigenvalue weighted by Gasteiger charge is 2.59. The highest BCUT2D eigenvalue weighted by atomic mass is 35.5. The highest BCUT2D eigenvalue weighted by Crippen LogP contribution is 2.52. The smallest absolute Gasteiger partial charge is 0.242 e. The number of carbonyl (C=O) groups excluding carboxylic acids is 3. The lowest BCUT2D eigenvalue weighted by atomic mass is 9.85. The van der Waals surface area contributed by atoms with Crippen molar-refractivity contribution in [1.82, 2.24) is 14.8 Å². The Balaban J connectivity index is 1.42. The van der Waals surface area contributed by atoms with E-state index in [-0.39, 0.29) is 47.9 Å². The van der Waals surface area contributed by atoms with Gasteiger partial charge < -0.3 is 4.90 Å². The molecule has 2 heterocycles. The van der Waals surface area contributed by atoms with Crippen LogP contribution in [0.15, 0.2) is 30.5 Å². The van der Waals surface area contributed by atoms with Crippen LogP contribution in [0.1, 0.15) is 12.0 Å². The van der Waals surface area contributed by atoms with E-state index in [1.807, 2.05) is 12.2 Å². The number of likely N-dealkylation sites (tertiary alicyclic amines) is 1. The Morgan fingerprint density at radius 1 is 1.24 bits per heavy atom. The van der Waals surface area contributed by atoms with Gasteiger partial charge in [-0.2, -0.15) is 0 Å². The normalized spacial score (nSPS) is 29.4. The summed E-state index contributed by atoms with van der Waals surface area (Å²) in [4.78, 5) is 44.3. The van der Waals surface area contributed by atoms with Crippen LogP contribution in [-0.4, -0.2) is 46.1 Å². The number of aromatic nitrogens is 1. The van der Waals surface area contributed by atoms with Gasteiger partial charge in [0.2, 0.25) is 17.7 Å². The highest BCUT2D eigenvalue weighted by molar-refractivity contribution is 6.29. The molecule has 4 rings (SSSR count). The second kappa shape index (κ2) is 5.95. The van der Waals surface area contributed by atoms with Gasteiger partial charge in [-0.25, -0.2) is 4.98 Å². The summed E-state index contributed by atoms with van der Waals surface area (Å²) in [6.07, 6.45) is 6.58. The van der Waals surface area contributed by atoms with Crippen molar-refractivity contribution < 1.29 is 14.4 Å². The lowest BCUT2D eigenvalue weighted by Gasteiger charge is -2.22. The lowest BCUT2D eigenvalue weighted by Crippen LogP contribution is -2.42. The molecular weight excluding hydrogens is 342 g/mol. The Bertz CT molecular complexity index is 746. The van der Waals surface area contributed by atoms with Gasteiger partial charge in [-0.05, 0) is 29.9 Å². The summed E-state index contributed by atoms with van der Waals surface area (Å²) in [5, 5.41) is 0.390. The summed E-state index contributed by atoms with van der Waals surface area (Å²) < 4.78 is 0. The van der Waals surface area contributed by atoms with Crippen molar-refractivity contribution in [3.8, 4) is 0 Å². The quantitative estimate of drug-likeness (QED) is 0.464. The number of fused-ring (bicyclic) bond motifs is 5. The molecule has 2 aliphatic carbocycles. The Hall–Kier alpha value is -2.21. The van der Waals surface area contributed by atoms with Gasteiger partial charge in [0, 0.05) is 19.8 Å². The molecule has 4 atom stereocenters. The molecule has 1 aromatic rings. The van der Waals surface area contributed by atoms with Crippen molar-refractivity contribution in [2.24, 2.45) is 23.7 Å². The first-order valence-corrected chi connectivity index (χ1v) is 8.71. The Kier molecular flexibility index (Phi) is 3.87. The maximum absolute atomic E-state index is 12.6. The van der Waals surface area contributed by atoms with Crippen LogP contribution in [0.25, 0.3) is 0 Å². The van der Waals surface area contributed by atoms with Crippen molar-refractivity contribution in [3.63, 3.8) is 0 Å². The van der Waals surface area contributed by atoms with Crippen LogP contribution < -0.4 is 0 Å². The third-order valence-corrected chi connectivity index (χ3v) is 5.71. The van der Waals surface area contributed by atoms with Crippen LogP contribution in [0.5, 0.6) is 0 Å². The second-order valence-corrected chi connectivity index (χ2v) is 7.39. The zero-order valence-corrected chi connectivity index (χ0v) is 14.5. The summed E-state index contributed by atoms with van der Waals surface area (Å²) in [7, 11) is 1.65. The molecule has 1 aliphatic heterocycles. The van der Waals surface area contributed by atoms with E-state index in [4.69, 9.17) is 11.6 Å². The minimum atomic E-state index is -0.267. The Morgan fingerprint density at radius 2 is 1.88 bits per heavy atom. The van der Waals surface area contributed by atoms with Gasteiger partial charge >= 0.3 is 0 Å². The van der Waals surface area contributed by atoms with E-state index in [1.54, 1.807) is 25.4 Å². The Morgan fingerprint density at radius 3 is 2.44 bits per heavy atom. The third-order valence-electron chi connectivity index (χ3n) is 5.49. The molecule has 0 radical (unpaired) electrons. The molecule has 7 heteroatoms. The number of pyridine rings is 1. The number of rotatable bonds is 4. The minimum Gasteiger partial charge on any atom is -0.340 e. The van der Waals surface area contributed by atoms with Crippen LogP contribution >= 0.6 is 11.6 Å². The summed E-state index contributed by atoms with van der Waals surface area (Å²) in [5.74, 6) is -0.864. The van der Waals surface area contributed by atoms with Gasteiger partial charge in [-0.15, -0.1) is 0 Å². The number of halogens is 1. The van der Waals surface area contributed by atoms with Gasteiger partial charge in [0.05, 0.1) is 11.8 Å². The van der Waals surface area contributed by atoms with E-state index in [0.717, 1.165) is 16.9 Å². The average Bonchev–Trinajstić information content (AvgIpc) is 3.26. The molecule has 3 amide bonds. The molecule has 2 fully saturated rings. The first-order chi connectivity index (χ1) is 12.0. The van der Waals surface area contributed by atoms with E-state index in [2.05, 4.69) is 4.98 Å². The molecule has 130 valence electrons. The number of hydrogen-bond acceptors (Lipinski definition) is 4. The van der Waals surface area contributed by atoms with Gasteiger partial charge in [0.25, 0.3) is 0 Å². The van der Waals surface area contributed by atoms with Gasteiger partial charge in [0.15, 0.2) is 0 Å².